The fourth-order valence-electron chi connectivity index (χ4n) is 2.95. The van der Waals surface area contributed by atoms with E-state index in [-0.39, 0.29) is 46.0 Å². The number of carbonyl (C=O) groups excluding carboxylic acids is 3. The van der Waals surface area contributed by atoms with E-state index >= 15 is 0 Å². The first-order valence-electron chi connectivity index (χ1n) is 11.1. The van der Waals surface area contributed by atoms with Gasteiger partial charge in [-0.05, 0) is 56.3 Å². The number of esters is 1. The molecule has 0 saturated carbocycles. The van der Waals surface area contributed by atoms with E-state index in [1.165, 1.54) is 18.2 Å². The van der Waals surface area contributed by atoms with Crippen molar-refractivity contribution in [3.63, 3.8) is 0 Å². The van der Waals surface area contributed by atoms with Crippen LogP contribution in [0.2, 0.25) is 5.02 Å². The minimum atomic E-state index is -4.37. The molecule has 12 heteroatoms. The van der Waals surface area contributed by atoms with Gasteiger partial charge in [-0.25, -0.2) is 22.9 Å². The number of carbonyl (C=O) groups is 3. The van der Waals surface area contributed by atoms with E-state index in [1.54, 1.807) is 26.0 Å². The Morgan fingerprint density at radius 1 is 1.00 bits per heavy atom. The Bertz CT molecular complexity index is 1380. The number of sulfonamides is 1. The van der Waals surface area contributed by atoms with Crippen molar-refractivity contribution in [2.75, 3.05) is 13.2 Å². The Balaban J connectivity index is 1.64. The lowest BCUT2D eigenvalue weighted by atomic mass is 10.2. The van der Waals surface area contributed by atoms with Crippen LogP contribution in [0, 0.1) is 0 Å². The molecule has 0 aliphatic rings. The van der Waals surface area contributed by atoms with Crippen molar-refractivity contribution in [2.24, 2.45) is 0 Å². The number of halogens is 1. The number of benzene rings is 2. The topological polar surface area (TPSA) is 141 Å². The molecule has 0 bridgehead atoms. The first kappa shape index (κ1) is 27.6. The fourth-order valence-corrected chi connectivity index (χ4v) is 4.16. The highest BCUT2D eigenvalue weighted by molar-refractivity contribution is 7.90. The molecular weight excluding hydrogens is 522 g/mol. The summed E-state index contributed by atoms with van der Waals surface area (Å²) in [6, 6.07) is 15.0. The first-order chi connectivity index (χ1) is 17.6. The van der Waals surface area contributed by atoms with E-state index in [2.05, 4.69) is 10.3 Å². The summed E-state index contributed by atoms with van der Waals surface area (Å²) < 4.78 is 38.0. The van der Waals surface area contributed by atoms with Crippen LogP contribution in [0.25, 0.3) is 0 Å². The molecule has 0 aliphatic carbocycles. The quantitative estimate of drug-likeness (QED) is 0.292. The van der Waals surface area contributed by atoms with Gasteiger partial charge in [-0.2, -0.15) is 0 Å². The molecule has 0 radical (unpaired) electrons. The normalized spacial score (nSPS) is 11.0. The second-order valence-corrected chi connectivity index (χ2v) is 9.97. The van der Waals surface area contributed by atoms with Crippen molar-refractivity contribution in [1.29, 1.82) is 0 Å². The third-order valence-electron chi connectivity index (χ3n) is 4.70. The van der Waals surface area contributed by atoms with Crippen LogP contribution in [-0.2, 0) is 14.8 Å². The number of pyridine rings is 1. The van der Waals surface area contributed by atoms with E-state index in [1.807, 2.05) is 22.9 Å². The summed E-state index contributed by atoms with van der Waals surface area (Å²) in [4.78, 5) is 40.5. The number of aromatic nitrogens is 1. The Hall–Kier alpha value is -3.96. The highest BCUT2D eigenvalue weighted by Crippen LogP contribution is 2.21. The molecule has 2 N–H and O–H groups in total. The summed E-state index contributed by atoms with van der Waals surface area (Å²) in [7, 11) is -4.37. The van der Waals surface area contributed by atoms with E-state index in [9.17, 15) is 22.8 Å². The van der Waals surface area contributed by atoms with Crippen LogP contribution >= 0.6 is 11.6 Å². The molecule has 1 aromatic heterocycles. The smallest absolute Gasteiger partial charge is 0.357 e. The molecule has 10 nitrogen and oxygen atoms in total. The molecule has 3 rings (SSSR count). The van der Waals surface area contributed by atoms with Crippen molar-refractivity contribution in [1.82, 2.24) is 15.0 Å². The first-order valence-corrected chi connectivity index (χ1v) is 12.9. The van der Waals surface area contributed by atoms with Crippen LogP contribution in [0.1, 0.15) is 45.1 Å². The highest BCUT2D eigenvalue weighted by Gasteiger charge is 2.22. The van der Waals surface area contributed by atoms with Gasteiger partial charge in [0, 0.05) is 6.20 Å². The molecule has 0 aliphatic heterocycles. The Morgan fingerprint density at radius 3 is 2.38 bits per heavy atom. The molecule has 0 fully saturated rings. The summed E-state index contributed by atoms with van der Waals surface area (Å²) in [5.41, 5.74) is -0.225. The minimum Gasteiger partial charge on any atom is -0.492 e. The zero-order chi connectivity index (χ0) is 27.0. The monoisotopic (exact) mass is 545 g/mol. The lowest BCUT2D eigenvalue weighted by Gasteiger charge is -2.11. The summed E-state index contributed by atoms with van der Waals surface area (Å²) in [5, 5.41) is 2.63. The van der Waals surface area contributed by atoms with E-state index in [4.69, 9.17) is 21.1 Å². The third-order valence-corrected chi connectivity index (χ3v) is 6.36. The maximum absolute atomic E-state index is 12.8. The SMILES string of the molecule is CC(C)OC(=O)c1ccc(C(=O)NS(=O)(=O)c2ccc(Cl)c(C(=O)NCCOc3ccccc3)c2)cn1. The van der Waals surface area contributed by atoms with Crippen LogP contribution in [0.15, 0.2) is 71.8 Å². The number of hydrogen-bond donors (Lipinski definition) is 2. The molecule has 0 atom stereocenters. The number of para-hydroxylation sites is 1. The average molecular weight is 546 g/mol. The van der Waals surface area contributed by atoms with Crippen molar-refractivity contribution in [3.05, 3.63) is 88.7 Å². The lowest BCUT2D eigenvalue weighted by molar-refractivity contribution is 0.0370. The van der Waals surface area contributed by atoms with Crippen LogP contribution in [0.3, 0.4) is 0 Å². The predicted molar refractivity (Wildman–Crippen MR) is 135 cm³/mol. The zero-order valence-corrected chi connectivity index (χ0v) is 21.5. The molecule has 1 heterocycles. The number of nitrogens with zero attached hydrogens (tertiary/aromatic N) is 1. The van der Waals surface area contributed by atoms with Crippen LogP contribution in [0.5, 0.6) is 5.75 Å². The summed E-state index contributed by atoms with van der Waals surface area (Å²) >= 11 is 6.10. The van der Waals surface area contributed by atoms with E-state index in [0.29, 0.717) is 5.75 Å². The Labute approximate surface area is 219 Å². The van der Waals surface area contributed by atoms with Crippen molar-refractivity contribution >= 4 is 39.4 Å². The molecule has 3 aromatic rings. The molecule has 0 saturated heterocycles. The summed E-state index contributed by atoms with van der Waals surface area (Å²) in [6.07, 6.45) is 0.705. The molecule has 194 valence electrons. The number of nitrogens with one attached hydrogen (secondary N) is 2. The zero-order valence-electron chi connectivity index (χ0n) is 19.9. The number of amides is 2. The van der Waals surface area contributed by atoms with Gasteiger partial charge >= 0.3 is 5.97 Å². The highest BCUT2D eigenvalue weighted by atomic mass is 35.5. The van der Waals surface area contributed by atoms with Crippen LogP contribution < -0.4 is 14.8 Å². The molecule has 2 amide bonds. The summed E-state index contributed by atoms with van der Waals surface area (Å²) in [5.74, 6) is -1.62. The molecular formula is C25H24ClN3O7S. The second kappa shape index (κ2) is 12.3. The van der Waals surface area contributed by atoms with Crippen molar-refractivity contribution in [3.8, 4) is 5.75 Å². The van der Waals surface area contributed by atoms with Crippen molar-refractivity contribution in [2.45, 2.75) is 24.8 Å². The van der Waals surface area contributed by atoms with Gasteiger partial charge in [-0.3, -0.25) is 9.59 Å². The largest absolute Gasteiger partial charge is 0.492 e. The van der Waals surface area contributed by atoms with E-state index in [0.717, 1.165) is 18.3 Å². The number of hydrogen-bond acceptors (Lipinski definition) is 8. The standard InChI is InChI=1S/C25H24ClN3O7S/c1-16(2)36-25(32)22-11-8-17(15-28-22)23(30)29-37(33,34)19-9-10-21(26)20(14-19)24(31)27-12-13-35-18-6-4-3-5-7-18/h3-11,14-16H,12-13H2,1-2H3,(H,27,31)(H,29,30). The molecule has 0 spiro atoms. The fraction of sp³-hybridized carbons (Fsp3) is 0.200. The van der Waals surface area contributed by atoms with Gasteiger partial charge in [-0.15, -0.1) is 0 Å². The van der Waals surface area contributed by atoms with Crippen LogP contribution in [0.4, 0.5) is 0 Å². The Kier molecular flexibility index (Phi) is 9.20. The molecule has 0 unspecified atom stereocenters. The third kappa shape index (κ3) is 7.76. The van der Waals surface area contributed by atoms with Gasteiger partial charge in [-0.1, -0.05) is 29.8 Å². The van der Waals surface area contributed by atoms with Gasteiger partial charge in [0.2, 0.25) is 0 Å². The van der Waals surface area contributed by atoms with Gasteiger partial charge in [0.25, 0.3) is 21.8 Å². The van der Waals surface area contributed by atoms with Crippen molar-refractivity contribution < 1.29 is 32.3 Å². The predicted octanol–water partition coefficient (Wildman–Crippen LogP) is 3.23. The van der Waals surface area contributed by atoms with Crippen LogP contribution in [-0.4, -0.2) is 50.4 Å². The Morgan fingerprint density at radius 2 is 1.73 bits per heavy atom. The van der Waals surface area contributed by atoms with Gasteiger partial charge in [0.15, 0.2) is 0 Å². The maximum atomic E-state index is 12.8. The average Bonchev–Trinajstić information content (AvgIpc) is 2.86. The van der Waals surface area contributed by atoms with Gasteiger partial charge < -0.3 is 14.8 Å². The number of ether oxygens (including phenoxy) is 2. The van der Waals surface area contributed by atoms with Gasteiger partial charge in [0.05, 0.1) is 33.7 Å². The second-order valence-electron chi connectivity index (χ2n) is 7.88. The van der Waals surface area contributed by atoms with Gasteiger partial charge in [0.1, 0.15) is 18.1 Å². The maximum Gasteiger partial charge on any atom is 0.357 e. The summed E-state index contributed by atoms with van der Waals surface area (Å²) in [6.45, 7) is 3.68. The van der Waals surface area contributed by atoms with E-state index < -0.39 is 27.8 Å². The molecule has 2 aromatic carbocycles. The lowest BCUT2D eigenvalue weighted by Crippen LogP contribution is -2.31. The minimum absolute atomic E-state index is 0.0276. The molecule has 37 heavy (non-hydrogen) atoms. The number of rotatable bonds is 10.